The second-order valence-corrected chi connectivity index (χ2v) is 20.5. The number of esters is 3. The van der Waals surface area contributed by atoms with Gasteiger partial charge in [0.15, 0.2) is 6.10 Å². The molecule has 80 heavy (non-hydrogen) atoms. The molecule has 0 bridgehead atoms. The Kier molecular flexibility index (Phi) is 61.9. The number of allylic oxidation sites excluding steroid dienone is 28. The third-order valence-corrected chi connectivity index (χ3v) is 12.9. The minimum absolute atomic E-state index is 0.102. The van der Waals surface area contributed by atoms with Gasteiger partial charge in [-0.05, 0) is 148 Å². The molecule has 448 valence electrons. The topological polar surface area (TPSA) is 78.9 Å². The van der Waals surface area contributed by atoms with Crippen LogP contribution in [0.3, 0.4) is 0 Å². The van der Waals surface area contributed by atoms with Crippen molar-refractivity contribution in [3.05, 3.63) is 170 Å². The number of unbranched alkanes of at least 4 members (excludes halogenated alkanes) is 17. The maximum atomic E-state index is 12.9. The monoisotopic (exact) mass is 1100 g/mol. The lowest BCUT2D eigenvalue weighted by molar-refractivity contribution is -0.167. The van der Waals surface area contributed by atoms with E-state index in [1.54, 1.807) is 0 Å². The van der Waals surface area contributed by atoms with Crippen LogP contribution in [0.5, 0.6) is 0 Å². The molecule has 0 heterocycles. The standard InChI is InChI=1S/C74H116O6/c1-4-7-10-13-16-19-22-24-26-28-30-32-33-34-35-36-37-38-39-40-41-43-44-46-48-50-52-55-58-61-64-67-73(76)79-70-71(69-78-72(75)66-63-60-57-54-21-18-15-12-9-6-3)80-74(77)68-65-62-59-56-53-51-49-47-45-42-31-29-27-25-23-20-17-14-11-8-5-2/h7-8,10-12,15-17,19-20,24-27,30-32,34-35,37-38,40-42,44,46-47,49,71H,4-6,9,13-14,18,21-23,28-29,33,36,39,43,45,48,50-70H2,1-3H3/b10-7-,11-8-,15-12-,19-16-,20-17-,26-24-,27-25-,32-30-,35-34-,38-37-,41-40-,42-31-,46-44-,49-47-. The Morgan fingerprint density at radius 2 is 0.487 bits per heavy atom. The zero-order valence-electron chi connectivity index (χ0n) is 51.3. The highest BCUT2D eigenvalue weighted by molar-refractivity contribution is 5.71. The van der Waals surface area contributed by atoms with Gasteiger partial charge in [0, 0.05) is 19.3 Å². The van der Waals surface area contributed by atoms with Gasteiger partial charge in [0.1, 0.15) is 13.2 Å². The summed E-state index contributed by atoms with van der Waals surface area (Å²) in [5, 5.41) is 0. The largest absolute Gasteiger partial charge is 0.462 e. The first-order chi connectivity index (χ1) is 39.5. The van der Waals surface area contributed by atoms with Crippen LogP contribution in [0.1, 0.15) is 258 Å². The van der Waals surface area contributed by atoms with Crippen LogP contribution in [-0.4, -0.2) is 37.2 Å². The van der Waals surface area contributed by atoms with E-state index in [1.807, 2.05) is 0 Å². The van der Waals surface area contributed by atoms with Crippen molar-refractivity contribution in [2.45, 2.75) is 264 Å². The Morgan fingerprint density at radius 3 is 0.775 bits per heavy atom. The number of hydrogen-bond donors (Lipinski definition) is 0. The SMILES string of the molecule is CC/C=C\C/C=C\C/C=C\C/C=C\C/C=C\C/C=C\C/C=C\C/C=C\CCCCCCCCC(=O)OCC(COC(=O)CCCCCCC/C=C\CCC)OC(=O)CCCCCCC/C=C\C/C=C\C/C=C\C/C=C\C/C=C\CC. The zero-order chi connectivity index (χ0) is 57.8. The molecule has 0 aliphatic heterocycles. The van der Waals surface area contributed by atoms with E-state index in [2.05, 4.69) is 191 Å². The van der Waals surface area contributed by atoms with Gasteiger partial charge in [-0.25, -0.2) is 0 Å². The summed E-state index contributed by atoms with van der Waals surface area (Å²) >= 11 is 0. The van der Waals surface area contributed by atoms with Gasteiger partial charge in [0.25, 0.3) is 0 Å². The molecular weight excluding hydrogens is 985 g/mol. The first-order valence-electron chi connectivity index (χ1n) is 32.1. The van der Waals surface area contributed by atoms with E-state index >= 15 is 0 Å². The lowest BCUT2D eigenvalue weighted by atomic mass is 10.1. The summed E-state index contributed by atoms with van der Waals surface area (Å²) in [5.41, 5.74) is 0. The zero-order valence-corrected chi connectivity index (χ0v) is 51.3. The second kappa shape index (κ2) is 66.3. The van der Waals surface area contributed by atoms with Gasteiger partial charge in [-0.2, -0.15) is 0 Å². The van der Waals surface area contributed by atoms with E-state index in [0.717, 1.165) is 193 Å². The summed E-state index contributed by atoms with van der Waals surface area (Å²) in [4.78, 5) is 38.2. The molecule has 0 saturated carbocycles. The van der Waals surface area contributed by atoms with Gasteiger partial charge < -0.3 is 14.2 Å². The van der Waals surface area contributed by atoms with Crippen LogP contribution in [-0.2, 0) is 28.6 Å². The van der Waals surface area contributed by atoms with Crippen molar-refractivity contribution in [3.63, 3.8) is 0 Å². The molecule has 6 nitrogen and oxygen atoms in total. The van der Waals surface area contributed by atoms with Crippen molar-refractivity contribution in [2.75, 3.05) is 13.2 Å². The Hall–Kier alpha value is -5.23. The fraction of sp³-hybridized carbons (Fsp3) is 0.581. The van der Waals surface area contributed by atoms with Crippen molar-refractivity contribution >= 4 is 17.9 Å². The first-order valence-corrected chi connectivity index (χ1v) is 32.1. The summed E-state index contributed by atoms with van der Waals surface area (Å²) in [6.45, 7) is 6.30. The molecule has 1 unspecified atom stereocenters. The third kappa shape index (κ3) is 63.6. The highest BCUT2D eigenvalue weighted by Gasteiger charge is 2.19. The molecule has 0 spiro atoms. The fourth-order valence-electron chi connectivity index (χ4n) is 8.19. The average Bonchev–Trinajstić information content (AvgIpc) is 3.46. The molecule has 0 aromatic rings. The lowest BCUT2D eigenvalue weighted by Crippen LogP contribution is -2.30. The van der Waals surface area contributed by atoms with Crippen LogP contribution in [0.2, 0.25) is 0 Å². The third-order valence-electron chi connectivity index (χ3n) is 12.9. The molecule has 0 aromatic carbocycles. The predicted octanol–water partition coefficient (Wildman–Crippen LogP) is 22.3. The molecule has 0 saturated heterocycles. The van der Waals surface area contributed by atoms with Gasteiger partial charge in [-0.1, -0.05) is 262 Å². The molecule has 0 aliphatic rings. The lowest BCUT2D eigenvalue weighted by Gasteiger charge is -2.18. The minimum atomic E-state index is -0.807. The Morgan fingerprint density at radius 1 is 0.263 bits per heavy atom. The summed E-state index contributed by atoms with van der Waals surface area (Å²) in [6, 6.07) is 0. The van der Waals surface area contributed by atoms with Crippen LogP contribution < -0.4 is 0 Å². The van der Waals surface area contributed by atoms with Crippen molar-refractivity contribution < 1.29 is 28.6 Å². The highest BCUT2D eigenvalue weighted by atomic mass is 16.6. The molecule has 0 N–H and O–H groups in total. The first kappa shape index (κ1) is 74.8. The summed E-state index contributed by atoms with van der Waals surface area (Å²) in [7, 11) is 0. The summed E-state index contributed by atoms with van der Waals surface area (Å²) in [6.07, 6.45) is 97.9. The molecule has 0 rings (SSSR count). The van der Waals surface area contributed by atoms with Gasteiger partial charge >= 0.3 is 17.9 Å². The average molecular weight is 1100 g/mol. The molecule has 0 aliphatic carbocycles. The van der Waals surface area contributed by atoms with E-state index in [9.17, 15) is 14.4 Å². The van der Waals surface area contributed by atoms with E-state index < -0.39 is 6.10 Å². The Balaban J connectivity index is 4.35. The maximum Gasteiger partial charge on any atom is 0.306 e. The van der Waals surface area contributed by atoms with Gasteiger partial charge in [-0.3, -0.25) is 14.4 Å². The molecular formula is C74H116O6. The predicted molar refractivity (Wildman–Crippen MR) is 348 cm³/mol. The van der Waals surface area contributed by atoms with E-state index in [0.29, 0.717) is 19.3 Å². The fourth-order valence-corrected chi connectivity index (χ4v) is 8.19. The molecule has 6 heteroatoms. The van der Waals surface area contributed by atoms with E-state index in [4.69, 9.17) is 14.2 Å². The number of rotatable bonds is 56. The van der Waals surface area contributed by atoms with Crippen molar-refractivity contribution in [1.29, 1.82) is 0 Å². The molecule has 0 amide bonds. The van der Waals surface area contributed by atoms with Crippen LogP contribution >= 0.6 is 0 Å². The molecule has 0 aromatic heterocycles. The van der Waals surface area contributed by atoms with Crippen molar-refractivity contribution in [3.8, 4) is 0 Å². The van der Waals surface area contributed by atoms with E-state index in [1.165, 1.54) is 25.7 Å². The smallest absolute Gasteiger partial charge is 0.306 e. The quantitative estimate of drug-likeness (QED) is 0.0261. The van der Waals surface area contributed by atoms with Crippen LogP contribution in [0.25, 0.3) is 0 Å². The van der Waals surface area contributed by atoms with E-state index in [-0.39, 0.29) is 31.1 Å². The minimum Gasteiger partial charge on any atom is -0.462 e. The summed E-state index contributed by atoms with van der Waals surface area (Å²) < 4.78 is 16.8. The van der Waals surface area contributed by atoms with Crippen molar-refractivity contribution in [2.24, 2.45) is 0 Å². The number of carbonyl (C=O) groups excluding carboxylic acids is 3. The van der Waals surface area contributed by atoms with Crippen LogP contribution in [0, 0.1) is 0 Å². The molecule has 0 fully saturated rings. The van der Waals surface area contributed by atoms with Gasteiger partial charge in [0.2, 0.25) is 0 Å². The van der Waals surface area contributed by atoms with Gasteiger partial charge in [0.05, 0.1) is 0 Å². The number of carbonyl (C=O) groups is 3. The Labute approximate surface area is 492 Å². The molecule has 0 radical (unpaired) electrons. The normalized spacial score (nSPS) is 13.3. The maximum absolute atomic E-state index is 12.9. The number of ether oxygens (including phenoxy) is 3. The summed E-state index contributed by atoms with van der Waals surface area (Å²) in [5.74, 6) is -0.953. The number of hydrogen-bond acceptors (Lipinski definition) is 6. The van der Waals surface area contributed by atoms with Gasteiger partial charge in [-0.15, -0.1) is 0 Å². The van der Waals surface area contributed by atoms with Crippen LogP contribution in [0.15, 0.2) is 170 Å². The second-order valence-electron chi connectivity index (χ2n) is 20.5. The van der Waals surface area contributed by atoms with Crippen molar-refractivity contribution in [1.82, 2.24) is 0 Å². The molecule has 1 atom stereocenters. The highest BCUT2D eigenvalue weighted by Crippen LogP contribution is 2.14. The Bertz CT molecular complexity index is 1840. The van der Waals surface area contributed by atoms with Crippen LogP contribution in [0.4, 0.5) is 0 Å².